The van der Waals surface area contributed by atoms with Crippen LogP contribution in [0.2, 0.25) is 0 Å². The number of aromatic nitrogens is 1. The van der Waals surface area contributed by atoms with E-state index < -0.39 is 45.7 Å². The van der Waals surface area contributed by atoms with Crippen LogP contribution in [0.25, 0.3) is 10.9 Å². The maximum absolute atomic E-state index is 13.8. The molecule has 2 heterocycles. The summed E-state index contributed by atoms with van der Waals surface area (Å²) in [6, 6.07) is 11.2. The molecule has 0 aliphatic carbocycles. The third kappa shape index (κ3) is 3.75. The Labute approximate surface area is 196 Å². The first kappa shape index (κ1) is 24.8. The molecule has 0 saturated carbocycles. The van der Waals surface area contributed by atoms with Gasteiger partial charge >= 0.3 is 13.3 Å². The Morgan fingerprint density at radius 1 is 0.971 bits per heavy atom. The largest absolute Gasteiger partial charge is 0.495 e. The molecule has 0 bridgehead atoms. The lowest BCUT2D eigenvalue weighted by atomic mass is 9.74. The van der Waals surface area contributed by atoms with Crippen LogP contribution < -0.4 is 5.46 Å². The van der Waals surface area contributed by atoms with E-state index in [0.29, 0.717) is 12.3 Å². The molecule has 1 saturated heterocycles. The van der Waals surface area contributed by atoms with Crippen LogP contribution in [0.15, 0.2) is 59.6 Å². The second-order valence-corrected chi connectivity index (χ2v) is 11.4. The van der Waals surface area contributed by atoms with E-state index in [-0.39, 0.29) is 15.9 Å². The second kappa shape index (κ2) is 7.58. The van der Waals surface area contributed by atoms with Gasteiger partial charge in [-0.15, -0.1) is 0 Å². The van der Waals surface area contributed by atoms with Gasteiger partial charge in [0.15, 0.2) is 5.60 Å². The third-order valence-corrected chi connectivity index (χ3v) is 8.43. The molecule has 2 aromatic carbocycles. The van der Waals surface area contributed by atoms with E-state index >= 15 is 0 Å². The summed E-state index contributed by atoms with van der Waals surface area (Å²) in [6.07, 6.45) is -3.74. The van der Waals surface area contributed by atoms with Gasteiger partial charge in [0.25, 0.3) is 10.0 Å². The van der Waals surface area contributed by atoms with Crippen molar-refractivity contribution in [2.75, 3.05) is 0 Å². The standard InChI is InChI=1S/C23H25BF3NO5S/c1-20(2)21(3,4)33-24(32-20)18-13-15(22(5,29)23(25,26)27)14-19-17(18)11-12-28(19)34(30,31)16-9-7-6-8-10-16/h6-14,29H,1-5H3. The average Bonchev–Trinajstić information content (AvgIpc) is 3.25. The molecule has 1 aliphatic rings. The number of nitrogens with zero attached hydrogens (tertiary/aromatic N) is 1. The van der Waals surface area contributed by atoms with Gasteiger partial charge in [0.2, 0.25) is 0 Å². The predicted molar refractivity (Wildman–Crippen MR) is 122 cm³/mol. The van der Waals surface area contributed by atoms with Crippen LogP contribution in [0.4, 0.5) is 13.2 Å². The number of hydrogen-bond acceptors (Lipinski definition) is 5. The summed E-state index contributed by atoms with van der Waals surface area (Å²) < 4.78 is 80.9. The fourth-order valence-electron chi connectivity index (χ4n) is 3.77. The Balaban J connectivity index is 2.00. The second-order valence-electron chi connectivity index (χ2n) is 9.59. The van der Waals surface area contributed by atoms with E-state index in [4.69, 9.17) is 9.31 Å². The van der Waals surface area contributed by atoms with Gasteiger partial charge in [-0.25, -0.2) is 12.4 Å². The monoisotopic (exact) mass is 495 g/mol. The van der Waals surface area contributed by atoms with Crippen LogP contribution in [0.1, 0.15) is 40.2 Å². The summed E-state index contributed by atoms with van der Waals surface area (Å²) in [4.78, 5) is -0.0299. The number of rotatable bonds is 4. The van der Waals surface area contributed by atoms with E-state index in [0.717, 1.165) is 16.1 Å². The van der Waals surface area contributed by atoms with Crippen molar-refractivity contribution in [3.8, 4) is 0 Å². The van der Waals surface area contributed by atoms with Crippen LogP contribution in [-0.2, 0) is 24.9 Å². The van der Waals surface area contributed by atoms with E-state index in [2.05, 4.69) is 0 Å². The normalized spacial score (nSPS) is 20.0. The topological polar surface area (TPSA) is 77.8 Å². The zero-order chi connectivity index (χ0) is 25.3. The van der Waals surface area contributed by atoms with Crippen molar-refractivity contribution in [3.05, 3.63) is 60.3 Å². The minimum atomic E-state index is -5.01. The Morgan fingerprint density at radius 3 is 2.06 bits per heavy atom. The minimum absolute atomic E-state index is 0.0299. The fraction of sp³-hybridized carbons (Fsp3) is 0.391. The smallest absolute Gasteiger partial charge is 0.399 e. The summed E-state index contributed by atoms with van der Waals surface area (Å²) in [7, 11) is -5.21. The molecular weight excluding hydrogens is 470 g/mol. The van der Waals surface area contributed by atoms with Gasteiger partial charge in [0.05, 0.1) is 21.6 Å². The van der Waals surface area contributed by atoms with Crippen molar-refractivity contribution >= 4 is 33.5 Å². The molecule has 182 valence electrons. The molecule has 0 radical (unpaired) electrons. The number of hydrogen-bond donors (Lipinski definition) is 1. The number of alkyl halides is 3. The first-order valence-corrected chi connectivity index (χ1v) is 12.0. The first-order chi connectivity index (χ1) is 15.5. The van der Waals surface area contributed by atoms with Crippen molar-refractivity contribution in [2.24, 2.45) is 0 Å². The van der Waals surface area contributed by atoms with E-state index in [1.165, 1.54) is 24.4 Å². The number of benzene rings is 2. The van der Waals surface area contributed by atoms with E-state index in [1.807, 2.05) is 0 Å². The summed E-state index contributed by atoms with van der Waals surface area (Å²) >= 11 is 0. The summed E-state index contributed by atoms with van der Waals surface area (Å²) in [6.45, 7) is 7.81. The van der Waals surface area contributed by atoms with E-state index in [1.54, 1.807) is 45.9 Å². The molecule has 1 fully saturated rings. The summed E-state index contributed by atoms with van der Waals surface area (Å²) in [5, 5.41) is 10.8. The van der Waals surface area contributed by atoms with Gasteiger partial charge in [0.1, 0.15) is 0 Å². The SMILES string of the molecule is CC1(C)OB(c2cc(C(C)(O)C(F)(F)F)cc3c2ccn3S(=O)(=O)c2ccccc2)OC1(C)C. The maximum Gasteiger partial charge on any atom is 0.495 e. The first-order valence-electron chi connectivity index (χ1n) is 10.6. The van der Waals surface area contributed by atoms with Crippen LogP contribution in [0.5, 0.6) is 0 Å². The highest BCUT2D eigenvalue weighted by Crippen LogP contribution is 2.41. The van der Waals surface area contributed by atoms with Crippen LogP contribution in [-0.4, -0.2) is 42.0 Å². The Morgan fingerprint density at radius 2 is 1.53 bits per heavy atom. The van der Waals surface area contributed by atoms with Crippen LogP contribution in [0.3, 0.4) is 0 Å². The minimum Gasteiger partial charge on any atom is -0.399 e. The highest BCUT2D eigenvalue weighted by atomic mass is 32.2. The Bertz CT molecular complexity index is 1330. The maximum atomic E-state index is 13.8. The Hall–Kier alpha value is -2.34. The van der Waals surface area contributed by atoms with E-state index in [9.17, 15) is 26.7 Å². The lowest BCUT2D eigenvalue weighted by Crippen LogP contribution is -2.41. The van der Waals surface area contributed by atoms with Gasteiger partial charge in [-0.2, -0.15) is 13.2 Å². The van der Waals surface area contributed by atoms with Crippen molar-refractivity contribution in [1.29, 1.82) is 0 Å². The number of fused-ring (bicyclic) bond motifs is 1. The molecule has 1 atom stereocenters. The number of aliphatic hydroxyl groups is 1. The zero-order valence-corrected chi connectivity index (χ0v) is 20.2. The molecule has 1 unspecified atom stereocenters. The predicted octanol–water partition coefficient (Wildman–Crippen LogP) is 3.95. The third-order valence-electron chi connectivity index (χ3n) is 6.73. The molecule has 1 N–H and O–H groups in total. The molecule has 34 heavy (non-hydrogen) atoms. The number of halogens is 3. The molecule has 1 aliphatic heterocycles. The van der Waals surface area contributed by atoms with Gasteiger partial charge in [0, 0.05) is 11.6 Å². The van der Waals surface area contributed by atoms with Gasteiger partial charge < -0.3 is 14.4 Å². The van der Waals surface area contributed by atoms with Gasteiger partial charge in [-0.3, -0.25) is 0 Å². The fourth-order valence-corrected chi connectivity index (χ4v) is 5.13. The summed E-state index contributed by atoms with van der Waals surface area (Å²) in [5.41, 5.74) is -5.18. The highest BCUT2D eigenvalue weighted by molar-refractivity contribution is 7.90. The Kier molecular flexibility index (Phi) is 5.52. The molecular formula is C23H25BF3NO5S. The van der Waals surface area contributed by atoms with Crippen molar-refractivity contribution < 1.29 is 36.0 Å². The highest BCUT2D eigenvalue weighted by Gasteiger charge is 2.54. The molecule has 1 aromatic heterocycles. The molecule has 3 aromatic rings. The van der Waals surface area contributed by atoms with Crippen LogP contribution >= 0.6 is 0 Å². The molecule has 0 spiro atoms. The lowest BCUT2D eigenvalue weighted by Gasteiger charge is -2.32. The van der Waals surface area contributed by atoms with Crippen LogP contribution in [0, 0.1) is 0 Å². The average molecular weight is 495 g/mol. The van der Waals surface area contributed by atoms with Crippen molar-refractivity contribution in [2.45, 2.75) is 62.5 Å². The van der Waals surface area contributed by atoms with Gasteiger partial charge in [-0.1, -0.05) is 24.3 Å². The quantitative estimate of drug-likeness (QED) is 0.555. The van der Waals surface area contributed by atoms with Gasteiger partial charge in [-0.05, 0) is 69.9 Å². The van der Waals surface area contributed by atoms with Crippen molar-refractivity contribution in [1.82, 2.24) is 3.97 Å². The zero-order valence-electron chi connectivity index (χ0n) is 19.3. The lowest BCUT2D eigenvalue weighted by molar-refractivity contribution is -0.258. The molecule has 4 rings (SSSR count). The summed E-state index contributed by atoms with van der Waals surface area (Å²) in [5.74, 6) is 0. The molecule has 0 amide bonds. The molecule has 6 nitrogen and oxygen atoms in total. The van der Waals surface area contributed by atoms with Crippen molar-refractivity contribution in [3.63, 3.8) is 0 Å². The molecule has 11 heteroatoms.